The Morgan fingerprint density at radius 3 is 2.78 bits per heavy atom. The number of hydrogen-bond acceptors (Lipinski definition) is 3. The van der Waals surface area contributed by atoms with Gasteiger partial charge in [0, 0.05) is 11.8 Å². The molecule has 6 heteroatoms. The van der Waals surface area contributed by atoms with E-state index in [0.717, 1.165) is 9.43 Å². The average Bonchev–Trinajstić information content (AvgIpc) is 3.15. The van der Waals surface area contributed by atoms with E-state index in [9.17, 15) is 0 Å². The van der Waals surface area contributed by atoms with E-state index >= 15 is 0 Å². The van der Waals surface area contributed by atoms with Gasteiger partial charge in [-0.15, -0.1) is 11.3 Å². The molecule has 0 spiro atoms. The first kappa shape index (κ1) is 14.9. The van der Waals surface area contributed by atoms with Gasteiger partial charge >= 0.3 is 0 Å². The van der Waals surface area contributed by atoms with Crippen molar-refractivity contribution in [3.05, 3.63) is 39.1 Å². The minimum atomic E-state index is 0.440. The van der Waals surface area contributed by atoms with E-state index < -0.39 is 0 Å². The zero-order valence-corrected chi connectivity index (χ0v) is 15.8. The van der Waals surface area contributed by atoms with Crippen molar-refractivity contribution in [2.75, 3.05) is 0 Å². The number of hydrogen-bond donors (Lipinski definition) is 1. The van der Waals surface area contributed by atoms with Crippen molar-refractivity contribution < 1.29 is 0 Å². The topological polar surface area (TPSA) is 46.0 Å². The van der Waals surface area contributed by atoms with Gasteiger partial charge in [-0.3, -0.25) is 0 Å². The van der Waals surface area contributed by atoms with E-state index in [1.807, 2.05) is 4.52 Å². The van der Waals surface area contributed by atoms with Crippen molar-refractivity contribution in [3.8, 4) is 11.3 Å². The second kappa shape index (κ2) is 5.18. The van der Waals surface area contributed by atoms with Crippen LogP contribution in [0.4, 0.5) is 0 Å². The van der Waals surface area contributed by atoms with Crippen LogP contribution in [0.25, 0.3) is 27.1 Å². The minimum Gasteiger partial charge on any atom is -0.353 e. The molecule has 0 radical (unpaired) electrons. The number of rotatable bonds is 2. The van der Waals surface area contributed by atoms with Gasteiger partial charge in [-0.1, -0.05) is 13.8 Å². The Morgan fingerprint density at radius 1 is 1.26 bits per heavy atom. The highest BCUT2D eigenvalue weighted by Gasteiger charge is 2.21. The van der Waals surface area contributed by atoms with Crippen LogP contribution < -0.4 is 0 Å². The van der Waals surface area contributed by atoms with Gasteiger partial charge in [-0.25, -0.2) is 9.50 Å². The zero-order chi connectivity index (χ0) is 16.3. The fraction of sp³-hybridized carbons (Fsp3) is 0.294. The average molecular weight is 389 g/mol. The third-order valence-corrected chi connectivity index (χ3v) is 6.12. The Bertz CT molecular complexity index is 1040. The molecule has 0 atom stereocenters. The number of pyridine rings is 1. The monoisotopic (exact) mass is 388 g/mol. The molecule has 4 rings (SSSR count). The number of fused-ring (bicyclic) bond motifs is 2. The Labute approximate surface area is 146 Å². The number of nitrogens with zero attached hydrogens (tertiary/aromatic N) is 3. The molecule has 0 aliphatic rings. The number of aromatic nitrogens is 4. The molecule has 4 nitrogen and oxygen atoms in total. The summed E-state index contributed by atoms with van der Waals surface area (Å²) in [5.74, 6) is 0.440. The normalized spacial score (nSPS) is 12.1. The molecular formula is C17H17BrN4S. The third-order valence-electron chi connectivity index (χ3n) is 4.45. The van der Waals surface area contributed by atoms with E-state index in [4.69, 9.17) is 0 Å². The molecule has 4 heterocycles. The quantitative estimate of drug-likeness (QED) is 0.496. The maximum Gasteiger partial charge on any atom is 0.158 e. The minimum absolute atomic E-state index is 0.440. The molecule has 0 unspecified atom stereocenters. The first-order valence-corrected chi connectivity index (χ1v) is 9.19. The molecule has 0 aliphatic carbocycles. The Hall–Kier alpha value is -1.66. The maximum absolute atomic E-state index is 4.35. The molecular weight excluding hydrogens is 372 g/mol. The summed E-state index contributed by atoms with van der Waals surface area (Å²) < 4.78 is 4.36. The fourth-order valence-corrected chi connectivity index (χ4v) is 4.94. The van der Waals surface area contributed by atoms with Crippen LogP contribution in [0.2, 0.25) is 0 Å². The Morgan fingerprint density at radius 2 is 2.04 bits per heavy atom. The first-order valence-electron chi connectivity index (χ1n) is 7.58. The number of thiophene rings is 1. The lowest BCUT2D eigenvalue weighted by Crippen LogP contribution is -1.99. The molecule has 0 fully saturated rings. The number of aromatic amines is 1. The van der Waals surface area contributed by atoms with Crippen molar-refractivity contribution in [3.63, 3.8) is 0 Å². The molecule has 23 heavy (non-hydrogen) atoms. The molecule has 0 bridgehead atoms. The predicted molar refractivity (Wildman–Crippen MR) is 99.4 cm³/mol. The van der Waals surface area contributed by atoms with E-state index in [-0.39, 0.29) is 0 Å². The smallest absolute Gasteiger partial charge is 0.158 e. The summed E-state index contributed by atoms with van der Waals surface area (Å²) in [6.45, 7) is 8.76. The van der Waals surface area contributed by atoms with Crippen molar-refractivity contribution in [2.24, 2.45) is 0 Å². The van der Waals surface area contributed by atoms with Crippen LogP contribution in [0, 0.1) is 13.8 Å². The largest absolute Gasteiger partial charge is 0.353 e. The van der Waals surface area contributed by atoms with E-state index in [1.165, 1.54) is 38.2 Å². The summed E-state index contributed by atoms with van der Waals surface area (Å²) in [6, 6.07) is 2.16. The van der Waals surface area contributed by atoms with Gasteiger partial charge in [0.15, 0.2) is 5.65 Å². The SMILES string of the molecule is Cc1c(-c2[nH]c3cc(Br)sc3c2C(C)C)cn2ncnc2c1C. The number of H-pyrrole nitrogens is 1. The third kappa shape index (κ3) is 2.16. The van der Waals surface area contributed by atoms with Gasteiger partial charge in [0.25, 0.3) is 0 Å². The van der Waals surface area contributed by atoms with Crippen LogP contribution in [0.5, 0.6) is 0 Å². The van der Waals surface area contributed by atoms with Crippen LogP contribution in [0.15, 0.2) is 22.4 Å². The number of aryl methyl sites for hydroxylation is 1. The summed E-state index contributed by atoms with van der Waals surface area (Å²) in [5, 5.41) is 4.32. The molecule has 0 amide bonds. The maximum atomic E-state index is 4.35. The molecule has 4 aromatic heterocycles. The van der Waals surface area contributed by atoms with Gasteiger partial charge in [-0.05, 0) is 58.5 Å². The van der Waals surface area contributed by atoms with Gasteiger partial charge in [-0.2, -0.15) is 5.10 Å². The van der Waals surface area contributed by atoms with Crippen LogP contribution in [0.3, 0.4) is 0 Å². The van der Waals surface area contributed by atoms with Gasteiger partial charge in [0.05, 0.1) is 19.7 Å². The summed E-state index contributed by atoms with van der Waals surface area (Å²) in [4.78, 5) is 7.98. The molecule has 4 aromatic rings. The highest BCUT2D eigenvalue weighted by atomic mass is 79.9. The van der Waals surface area contributed by atoms with E-state index in [0.29, 0.717) is 5.92 Å². The molecule has 0 aromatic carbocycles. The van der Waals surface area contributed by atoms with Crippen molar-refractivity contribution in [1.82, 2.24) is 19.6 Å². The van der Waals surface area contributed by atoms with E-state index in [2.05, 4.69) is 71.0 Å². The summed E-state index contributed by atoms with van der Waals surface area (Å²) >= 11 is 5.39. The zero-order valence-electron chi connectivity index (χ0n) is 13.4. The van der Waals surface area contributed by atoms with Gasteiger partial charge in [0.2, 0.25) is 0 Å². The molecule has 118 valence electrons. The fourth-order valence-electron chi connectivity index (χ4n) is 3.19. The first-order chi connectivity index (χ1) is 11.0. The lowest BCUT2D eigenvalue weighted by Gasteiger charge is -2.13. The van der Waals surface area contributed by atoms with Crippen LogP contribution in [0.1, 0.15) is 36.5 Å². The van der Waals surface area contributed by atoms with Gasteiger partial charge in [0.1, 0.15) is 6.33 Å². The molecule has 0 saturated heterocycles. The van der Waals surface area contributed by atoms with E-state index in [1.54, 1.807) is 17.7 Å². The number of nitrogens with one attached hydrogen (secondary N) is 1. The van der Waals surface area contributed by atoms with Crippen molar-refractivity contribution >= 4 is 43.1 Å². The second-order valence-corrected chi connectivity index (χ2v) is 8.61. The molecule has 1 N–H and O–H groups in total. The van der Waals surface area contributed by atoms with Crippen LogP contribution >= 0.6 is 27.3 Å². The summed E-state index contributed by atoms with van der Waals surface area (Å²) in [7, 11) is 0. The number of halogens is 1. The lowest BCUT2D eigenvalue weighted by molar-refractivity contribution is 0.877. The Balaban J connectivity index is 2.07. The predicted octanol–water partition coefficient (Wildman–Crippen LogP) is 5.44. The van der Waals surface area contributed by atoms with Gasteiger partial charge < -0.3 is 4.98 Å². The van der Waals surface area contributed by atoms with Crippen molar-refractivity contribution in [1.29, 1.82) is 0 Å². The highest BCUT2D eigenvalue weighted by molar-refractivity contribution is 9.11. The van der Waals surface area contributed by atoms with Crippen molar-refractivity contribution in [2.45, 2.75) is 33.6 Å². The van der Waals surface area contributed by atoms with Crippen LogP contribution in [-0.4, -0.2) is 19.6 Å². The second-order valence-electron chi connectivity index (χ2n) is 6.18. The highest BCUT2D eigenvalue weighted by Crippen LogP contribution is 2.42. The molecule has 0 saturated carbocycles. The lowest BCUT2D eigenvalue weighted by atomic mass is 9.96. The Kier molecular flexibility index (Phi) is 3.35. The molecule has 0 aliphatic heterocycles. The standard InChI is InChI=1S/C17H17BrN4S/c1-8(2)14-15(21-12-5-13(18)23-16(12)14)11-6-22-17(19-7-20-22)10(4)9(11)3/h5-8,21H,1-4H3. The summed E-state index contributed by atoms with van der Waals surface area (Å²) in [5.41, 5.74) is 8.31. The summed E-state index contributed by atoms with van der Waals surface area (Å²) in [6.07, 6.45) is 3.69. The van der Waals surface area contributed by atoms with Crippen LogP contribution in [-0.2, 0) is 0 Å².